The number of nitrogens with zero attached hydrogens (tertiary/aromatic N) is 2. The van der Waals surface area contributed by atoms with Gasteiger partial charge >= 0.3 is 6.09 Å². The summed E-state index contributed by atoms with van der Waals surface area (Å²) in [6.07, 6.45) is 6.54. The van der Waals surface area contributed by atoms with Crippen molar-refractivity contribution < 1.29 is 23.9 Å². The van der Waals surface area contributed by atoms with Crippen LogP contribution in [0.5, 0.6) is 0 Å². The number of rotatable bonds is 9. The summed E-state index contributed by atoms with van der Waals surface area (Å²) in [6, 6.07) is 20.0. The molecule has 11 nitrogen and oxygen atoms in total. The number of alkyl carbamates (subject to hydrolysis) is 1. The Balaban J connectivity index is 1.02. The molecule has 3 aromatic carbocycles. The first-order valence-electron chi connectivity index (χ1n) is 17.4. The van der Waals surface area contributed by atoms with E-state index in [2.05, 4.69) is 63.4 Å². The number of aromatic amines is 1. The van der Waals surface area contributed by atoms with Crippen molar-refractivity contribution >= 4 is 28.7 Å². The molecule has 3 amide bonds. The molecule has 4 heterocycles. The van der Waals surface area contributed by atoms with Crippen LogP contribution in [0.2, 0.25) is 0 Å². The first kappa shape index (κ1) is 32.8. The standard InChI is InChI=1S/C38H44N6O5/c1-48-38(47)43-34(26-14-18-49-19-15-26)37(46)44-17-3-5-33(44)35-40-23-32(42-35)25-8-6-24(7-9-25)27-10-11-29-21-30(13-12-28(29)20-27)36(45)41-22-31-4-2-16-39-31/h6-13,20-21,23,26,31,33-34,39H,2-5,14-19,22H2,1H3,(H,40,42)(H,41,45)(H,43,47)/t31-,33-,34-/m0/s1. The molecule has 3 fully saturated rings. The van der Waals surface area contributed by atoms with Gasteiger partial charge in [-0.05, 0) is 96.6 Å². The molecule has 0 unspecified atom stereocenters. The van der Waals surface area contributed by atoms with Gasteiger partial charge in [0.05, 0.1) is 25.0 Å². The van der Waals surface area contributed by atoms with Crippen LogP contribution in [-0.4, -0.2) is 84.8 Å². The molecule has 0 bridgehead atoms. The average Bonchev–Trinajstić information content (AvgIpc) is 3.95. The van der Waals surface area contributed by atoms with Crippen LogP contribution in [0.25, 0.3) is 33.2 Å². The molecule has 3 aliphatic heterocycles. The molecular weight excluding hydrogens is 620 g/mol. The minimum Gasteiger partial charge on any atom is -0.453 e. The normalized spacial score (nSPS) is 20.3. The van der Waals surface area contributed by atoms with Gasteiger partial charge in [0.2, 0.25) is 5.91 Å². The first-order valence-corrected chi connectivity index (χ1v) is 17.4. The lowest BCUT2D eigenvalue weighted by Gasteiger charge is -2.34. The number of aromatic nitrogens is 2. The molecule has 3 saturated heterocycles. The van der Waals surface area contributed by atoms with Gasteiger partial charge in [-0.2, -0.15) is 0 Å². The van der Waals surface area contributed by atoms with Gasteiger partial charge in [0.25, 0.3) is 5.91 Å². The maximum atomic E-state index is 13.9. The number of carbonyl (C=O) groups is 3. The molecule has 3 aliphatic rings. The average molecular weight is 665 g/mol. The van der Waals surface area contributed by atoms with Gasteiger partial charge in [-0.15, -0.1) is 0 Å². The van der Waals surface area contributed by atoms with E-state index >= 15 is 0 Å². The molecule has 4 N–H and O–H groups in total. The van der Waals surface area contributed by atoms with Gasteiger partial charge in [0.15, 0.2) is 0 Å². The van der Waals surface area contributed by atoms with Crippen LogP contribution in [0.1, 0.15) is 60.7 Å². The number of fused-ring (bicyclic) bond motifs is 1. The summed E-state index contributed by atoms with van der Waals surface area (Å²) >= 11 is 0. The molecule has 0 aliphatic carbocycles. The summed E-state index contributed by atoms with van der Waals surface area (Å²) in [4.78, 5) is 48.9. The van der Waals surface area contributed by atoms with Gasteiger partial charge in [-0.3, -0.25) is 9.59 Å². The Hall–Kier alpha value is -4.74. The number of hydrogen-bond donors (Lipinski definition) is 4. The van der Waals surface area contributed by atoms with E-state index in [1.807, 2.05) is 29.3 Å². The lowest BCUT2D eigenvalue weighted by atomic mass is 9.90. The fourth-order valence-corrected chi connectivity index (χ4v) is 7.42. The summed E-state index contributed by atoms with van der Waals surface area (Å²) < 4.78 is 10.4. The number of carbonyl (C=O) groups excluding carboxylic acids is 3. The van der Waals surface area contributed by atoms with Gasteiger partial charge in [-0.25, -0.2) is 9.78 Å². The van der Waals surface area contributed by atoms with Gasteiger partial charge < -0.3 is 35.3 Å². The SMILES string of the molecule is COC(=O)N[C@H](C(=O)N1CCC[C@H]1c1ncc(-c2ccc(-c3ccc4cc(C(=O)NC[C@@H]5CCCN5)ccc4c3)cc2)[nH]1)C1CCOCC1. The van der Waals surface area contributed by atoms with E-state index in [0.29, 0.717) is 50.8 Å². The third-order valence-electron chi connectivity index (χ3n) is 10.2. The number of benzene rings is 3. The zero-order valence-electron chi connectivity index (χ0n) is 27.9. The van der Waals surface area contributed by atoms with Crippen molar-refractivity contribution in [3.05, 3.63) is 78.2 Å². The molecule has 11 heteroatoms. The predicted octanol–water partition coefficient (Wildman–Crippen LogP) is 5.19. The monoisotopic (exact) mass is 664 g/mol. The van der Waals surface area contributed by atoms with E-state index in [0.717, 1.165) is 71.2 Å². The molecule has 4 aromatic rings. The summed E-state index contributed by atoms with van der Waals surface area (Å²) in [7, 11) is 1.31. The Bertz CT molecular complexity index is 1790. The Labute approximate surface area is 286 Å². The van der Waals surface area contributed by atoms with Crippen LogP contribution < -0.4 is 16.0 Å². The lowest BCUT2D eigenvalue weighted by Crippen LogP contribution is -2.53. The van der Waals surface area contributed by atoms with Gasteiger partial charge in [0, 0.05) is 37.9 Å². The van der Waals surface area contributed by atoms with E-state index in [1.165, 1.54) is 7.11 Å². The van der Waals surface area contributed by atoms with Crippen molar-refractivity contribution in [3.63, 3.8) is 0 Å². The minimum absolute atomic E-state index is 0.0113. The van der Waals surface area contributed by atoms with Gasteiger partial charge in [0.1, 0.15) is 11.9 Å². The molecule has 0 spiro atoms. The van der Waals surface area contributed by atoms with Crippen LogP contribution in [0.15, 0.2) is 66.9 Å². The van der Waals surface area contributed by atoms with E-state index < -0.39 is 12.1 Å². The van der Waals surface area contributed by atoms with Gasteiger partial charge in [-0.1, -0.05) is 42.5 Å². The fraction of sp³-hybridized carbons (Fsp3) is 0.421. The van der Waals surface area contributed by atoms with Crippen LogP contribution in [0, 0.1) is 5.92 Å². The summed E-state index contributed by atoms with van der Waals surface area (Å²) in [5.74, 6) is 0.586. The van der Waals surface area contributed by atoms with E-state index in [1.54, 1.807) is 0 Å². The second kappa shape index (κ2) is 14.8. The van der Waals surface area contributed by atoms with Crippen LogP contribution >= 0.6 is 0 Å². The van der Waals surface area contributed by atoms with Crippen molar-refractivity contribution in [1.29, 1.82) is 0 Å². The predicted molar refractivity (Wildman–Crippen MR) is 187 cm³/mol. The number of amides is 3. The summed E-state index contributed by atoms with van der Waals surface area (Å²) in [5.41, 5.74) is 4.72. The third kappa shape index (κ3) is 7.33. The number of likely N-dealkylation sites (tertiary alicyclic amines) is 1. The van der Waals surface area contributed by atoms with Crippen LogP contribution in [0.4, 0.5) is 4.79 Å². The minimum atomic E-state index is -0.667. The Kier molecular flexibility index (Phi) is 9.90. The van der Waals surface area contributed by atoms with Crippen molar-refractivity contribution in [2.24, 2.45) is 5.92 Å². The van der Waals surface area contributed by atoms with Crippen molar-refractivity contribution in [2.75, 3.05) is 40.0 Å². The quantitative estimate of drug-likeness (QED) is 0.193. The summed E-state index contributed by atoms with van der Waals surface area (Å²) in [5, 5.41) is 11.4. The largest absolute Gasteiger partial charge is 0.453 e. The number of methoxy groups -OCH3 is 1. The molecular formula is C38H44N6O5. The van der Waals surface area contributed by atoms with Crippen molar-refractivity contribution in [3.8, 4) is 22.4 Å². The molecule has 1 aromatic heterocycles. The number of nitrogens with one attached hydrogen (secondary N) is 4. The van der Waals surface area contributed by atoms with Crippen LogP contribution in [0.3, 0.4) is 0 Å². The highest BCUT2D eigenvalue weighted by Gasteiger charge is 2.40. The van der Waals surface area contributed by atoms with Crippen molar-refractivity contribution in [1.82, 2.24) is 30.8 Å². The molecule has 256 valence electrons. The molecule has 49 heavy (non-hydrogen) atoms. The molecule has 7 rings (SSSR count). The van der Waals surface area contributed by atoms with E-state index in [4.69, 9.17) is 14.5 Å². The molecule has 0 radical (unpaired) electrons. The fourth-order valence-electron chi connectivity index (χ4n) is 7.42. The number of H-pyrrole nitrogens is 1. The highest BCUT2D eigenvalue weighted by atomic mass is 16.5. The second-order valence-electron chi connectivity index (χ2n) is 13.3. The van der Waals surface area contributed by atoms with Crippen molar-refractivity contribution in [2.45, 2.75) is 56.7 Å². The highest BCUT2D eigenvalue weighted by Crippen LogP contribution is 2.34. The summed E-state index contributed by atoms with van der Waals surface area (Å²) in [6.45, 7) is 3.42. The molecule has 0 saturated carbocycles. The molecule has 3 atom stereocenters. The third-order valence-corrected chi connectivity index (χ3v) is 10.2. The zero-order chi connectivity index (χ0) is 33.7. The first-order chi connectivity index (χ1) is 24.0. The topological polar surface area (TPSA) is 138 Å². The number of imidazole rings is 1. The lowest BCUT2D eigenvalue weighted by molar-refractivity contribution is -0.136. The maximum absolute atomic E-state index is 13.9. The second-order valence-corrected chi connectivity index (χ2v) is 13.3. The number of ether oxygens (including phenoxy) is 2. The number of hydrogen-bond acceptors (Lipinski definition) is 7. The smallest absolute Gasteiger partial charge is 0.407 e. The Morgan fingerprint density at radius 2 is 1.69 bits per heavy atom. The Morgan fingerprint density at radius 3 is 2.47 bits per heavy atom. The van der Waals surface area contributed by atoms with Crippen LogP contribution in [-0.2, 0) is 14.3 Å². The Morgan fingerprint density at radius 1 is 0.939 bits per heavy atom. The van der Waals surface area contributed by atoms with E-state index in [-0.39, 0.29) is 23.8 Å². The van der Waals surface area contributed by atoms with E-state index in [9.17, 15) is 14.4 Å². The maximum Gasteiger partial charge on any atom is 0.407 e. The zero-order valence-corrected chi connectivity index (χ0v) is 27.9. The highest BCUT2D eigenvalue weighted by molar-refractivity contribution is 5.99.